The van der Waals surface area contributed by atoms with E-state index in [1.54, 1.807) is 6.20 Å². The predicted molar refractivity (Wildman–Crippen MR) is 121 cm³/mol. The number of aromatic nitrogens is 4. The summed E-state index contributed by atoms with van der Waals surface area (Å²) in [5, 5.41) is 33.0. The number of fused-ring (bicyclic) bond motifs is 1. The van der Waals surface area contributed by atoms with Gasteiger partial charge in [-0.05, 0) is 62.0 Å². The van der Waals surface area contributed by atoms with Crippen LogP contribution in [-0.4, -0.2) is 54.2 Å². The number of carboxylic acid groups (broad SMARTS) is 1. The SMILES string of the molecule is O=C(O)C(F)(F)F.OC12CC3CC(C1)C(Nc1nc(Nc4ccn[nH]4)cc4ncccc14)C(C3)C2. The first-order valence-corrected chi connectivity index (χ1v) is 11.4. The van der Waals surface area contributed by atoms with Crippen molar-refractivity contribution in [3.05, 3.63) is 36.7 Å². The van der Waals surface area contributed by atoms with Crippen LogP contribution < -0.4 is 10.6 Å². The number of carbonyl (C=O) groups is 1. The molecule has 3 heterocycles. The van der Waals surface area contributed by atoms with Crippen LogP contribution in [0.2, 0.25) is 0 Å². The minimum Gasteiger partial charge on any atom is -0.475 e. The van der Waals surface area contributed by atoms with Gasteiger partial charge >= 0.3 is 12.1 Å². The molecule has 2 atom stereocenters. The Balaban J connectivity index is 0.000000320. The van der Waals surface area contributed by atoms with E-state index in [2.05, 4.69) is 31.9 Å². The number of hydrogen-bond donors (Lipinski definition) is 5. The molecule has 0 spiro atoms. The summed E-state index contributed by atoms with van der Waals surface area (Å²) in [5.74, 6) is 1.39. The Labute approximate surface area is 198 Å². The molecule has 5 N–H and O–H groups in total. The van der Waals surface area contributed by atoms with Crippen molar-refractivity contribution < 1.29 is 28.2 Å². The van der Waals surface area contributed by atoms with E-state index in [9.17, 15) is 18.3 Å². The van der Waals surface area contributed by atoms with Gasteiger partial charge in [-0.3, -0.25) is 10.1 Å². The lowest BCUT2D eigenvalue weighted by Gasteiger charge is -2.58. The Hall–Kier alpha value is -3.41. The summed E-state index contributed by atoms with van der Waals surface area (Å²) in [6.45, 7) is 0. The van der Waals surface area contributed by atoms with Crippen molar-refractivity contribution in [2.75, 3.05) is 10.6 Å². The Kier molecular flexibility index (Phi) is 5.78. The zero-order valence-electron chi connectivity index (χ0n) is 18.6. The fourth-order valence-corrected chi connectivity index (χ4v) is 6.09. The average Bonchev–Trinajstić information content (AvgIpc) is 3.28. The Morgan fingerprint density at radius 3 is 2.46 bits per heavy atom. The molecule has 0 radical (unpaired) electrons. The fourth-order valence-electron chi connectivity index (χ4n) is 6.09. The third kappa shape index (κ3) is 4.88. The Morgan fingerprint density at radius 2 is 1.86 bits per heavy atom. The highest BCUT2D eigenvalue weighted by molar-refractivity contribution is 5.91. The Bertz CT molecular complexity index is 1200. The molecule has 2 unspecified atom stereocenters. The lowest BCUT2D eigenvalue weighted by Crippen LogP contribution is -2.59. The summed E-state index contributed by atoms with van der Waals surface area (Å²) >= 11 is 0. The number of alkyl halides is 3. The van der Waals surface area contributed by atoms with E-state index < -0.39 is 17.7 Å². The number of carboxylic acids is 1. The number of nitrogens with one attached hydrogen (secondary N) is 3. The van der Waals surface area contributed by atoms with Gasteiger partial charge in [0.1, 0.15) is 17.5 Å². The van der Waals surface area contributed by atoms with Crippen LogP contribution in [-0.2, 0) is 4.79 Å². The fraction of sp³-hybridized carbons (Fsp3) is 0.478. The lowest BCUT2D eigenvalue weighted by molar-refractivity contribution is -0.192. The van der Waals surface area contributed by atoms with E-state index in [4.69, 9.17) is 14.9 Å². The van der Waals surface area contributed by atoms with Crippen molar-refractivity contribution in [1.82, 2.24) is 20.2 Å². The second kappa shape index (κ2) is 8.67. The molecule has 4 bridgehead atoms. The van der Waals surface area contributed by atoms with E-state index in [0.29, 0.717) is 23.8 Å². The molecule has 0 saturated heterocycles. The van der Waals surface area contributed by atoms with E-state index in [0.717, 1.165) is 47.6 Å². The van der Waals surface area contributed by atoms with Gasteiger partial charge in [0.2, 0.25) is 0 Å². The average molecular weight is 490 g/mol. The van der Waals surface area contributed by atoms with E-state index >= 15 is 0 Å². The molecule has 7 rings (SSSR count). The molecular weight excluding hydrogens is 465 g/mol. The van der Waals surface area contributed by atoms with Gasteiger partial charge in [-0.25, -0.2) is 9.78 Å². The van der Waals surface area contributed by atoms with Gasteiger partial charge in [-0.15, -0.1) is 0 Å². The van der Waals surface area contributed by atoms with Crippen LogP contribution in [0.3, 0.4) is 0 Å². The molecular formula is C23H25F3N6O3. The number of aliphatic carboxylic acids is 1. The summed E-state index contributed by atoms with van der Waals surface area (Å²) in [5.41, 5.74) is 0.486. The van der Waals surface area contributed by atoms with Gasteiger partial charge in [0.15, 0.2) is 0 Å². The van der Waals surface area contributed by atoms with Gasteiger partial charge in [0.05, 0.1) is 17.3 Å². The summed E-state index contributed by atoms with van der Waals surface area (Å²) in [6.07, 6.45) is 3.71. The van der Waals surface area contributed by atoms with Crippen molar-refractivity contribution in [1.29, 1.82) is 0 Å². The van der Waals surface area contributed by atoms with Crippen molar-refractivity contribution in [3.8, 4) is 0 Å². The second-order valence-corrected chi connectivity index (χ2v) is 9.69. The molecule has 0 aromatic carbocycles. The van der Waals surface area contributed by atoms with E-state index in [-0.39, 0.29) is 0 Å². The highest BCUT2D eigenvalue weighted by Crippen LogP contribution is 2.56. The van der Waals surface area contributed by atoms with Crippen molar-refractivity contribution in [2.45, 2.75) is 49.9 Å². The Morgan fingerprint density at radius 1 is 1.14 bits per heavy atom. The van der Waals surface area contributed by atoms with Crippen LogP contribution >= 0.6 is 0 Å². The minimum absolute atomic E-state index is 0.370. The number of nitrogens with zero attached hydrogens (tertiary/aromatic N) is 3. The molecule has 9 nitrogen and oxygen atoms in total. The first-order valence-electron chi connectivity index (χ1n) is 11.4. The number of aromatic amines is 1. The van der Waals surface area contributed by atoms with Crippen LogP contribution in [0.1, 0.15) is 32.1 Å². The monoisotopic (exact) mass is 490 g/mol. The highest BCUT2D eigenvalue weighted by atomic mass is 19.4. The molecule has 35 heavy (non-hydrogen) atoms. The zero-order chi connectivity index (χ0) is 24.8. The predicted octanol–water partition coefficient (Wildman–Crippen LogP) is 4.08. The van der Waals surface area contributed by atoms with Crippen LogP contribution in [0.25, 0.3) is 10.9 Å². The summed E-state index contributed by atoms with van der Waals surface area (Å²) in [7, 11) is 0. The van der Waals surface area contributed by atoms with Gasteiger partial charge < -0.3 is 20.8 Å². The third-order valence-electron chi connectivity index (χ3n) is 7.15. The standard InChI is InChI=1S/C21H24N6O.C2HF3O2/c28-21-9-12-6-13(10-21)19(14(7-12)11-21)26-20-15-2-1-4-22-16(15)8-18(25-20)24-17-3-5-23-27-17;3-2(4,5)1(6)7/h1-5,8,12-14,19,28H,6-7,9-11H2,(H3,23,24,25,26,27);(H,6,7). The number of pyridine rings is 2. The van der Waals surface area contributed by atoms with Crippen LogP contribution in [0.15, 0.2) is 36.7 Å². The molecule has 3 aromatic heterocycles. The molecule has 186 valence electrons. The van der Waals surface area contributed by atoms with Gasteiger partial charge in [-0.2, -0.15) is 18.3 Å². The molecule has 4 fully saturated rings. The number of rotatable bonds is 4. The smallest absolute Gasteiger partial charge is 0.475 e. The second-order valence-electron chi connectivity index (χ2n) is 9.69. The number of hydrogen-bond acceptors (Lipinski definition) is 7. The van der Waals surface area contributed by atoms with Crippen molar-refractivity contribution in [2.24, 2.45) is 17.8 Å². The number of aliphatic hydroxyl groups is 1. The molecule has 4 aliphatic rings. The van der Waals surface area contributed by atoms with Crippen LogP contribution in [0.4, 0.5) is 30.6 Å². The van der Waals surface area contributed by atoms with Gasteiger partial charge in [-0.1, -0.05) is 0 Å². The van der Waals surface area contributed by atoms with E-state index in [1.807, 2.05) is 24.4 Å². The summed E-state index contributed by atoms with van der Waals surface area (Å²) < 4.78 is 31.7. The maximum atomic E-state index is 10.9. The first-order chi connectivity index (χ1) is 16.6. The molecule has 4 saturated carbocycles. The molecule has 0 amide bonds. The zero-order valence-corrected chi connectivity index (χ0v) is 18.6. The highest BCUT2D eigenvalue weighted by Gasteiger charge is 2.54. The van der Waals surface area contributed by atoms with Gasteiger partial charge in [0, 0.05) is 29.8 Å². The van der Waals surface area contributed by atoms with E-state index in [1.165, 1.54) is 12.8 Å². The molecule has 12 heteroatoms. The third-order valence-corrected chi connectivity index (χ3v) is 7.15. The maximum Gasteiger partial charge on any atom is 0.490 e. The number of halogens is 3. The largest absolute Gasteiger partial charge is 0.490 e. The summed E-state index contributed by atoms with van der Waals surface area (Å²) in [4.78, 5) is 18.3. The minimum atomic E-state index is -5.08. The maximum absolute atomic E-state index is 10.9. The molecule has 4 aliphatic carbocycles. The lowest BCUT2D eigenvalue weighted by atomic mass is 9.52. The van der Waals surface area contributed by atoms with Crippen LogP contribution in [0, 0.1) is 17.8 Å². The summed E-state index contributed by atoms with van der Waals surface area (Å²) in [6, 6.07) is 8.23. The topological polar surface area (TPSA) is 136 Å². The van der Waals surface area contributed by atoms with Crippen molar-refractivity contribution in [3.63, 3.8) is 0 Å². The molecule has 0 aliphatic heterocycles. The number of H-pyrrole nitrogens is 1. The normalized spacial score (nSPS) is 28.9. The van der Waals surface area contributed by atoms with Crippen LogP contribution in [0.5, 0.6) is 0 Å². The molecule has 3 aromatic rings. The number of anilines is 3. The van der Waals surface area contributed by atoms with Crippen molar-refractivity contribution >= 4 is 34.3 Å². The van der Waals surface area contributed by atoms with Gasteiger partial charge in [0.25, 0.3) is 0 Å². The quantitative estimate of drug-likeness (QED) is 0.369. The first kappa shape index (κ1) is 23.3.